The lowest BCUT2D eigenvalue weighted by Crippen LogP contribution is -2.34. The molecule has 0 aliphatic heterocycles. The lowest BCUT2D eigenvalue weighted by Gasteiger charge is -2.19. The van der Waals surface area contributed by atoms with Gasteiger partial charge in [0.05, 0.1) is 13.7 Å². The van der Waals surface area contributed by atoms with Crippen molar-refractivity contribution < 1.29 is 23.8 Å². The molecule has 1 rings (SSSR count). The van der Waals surface area contributed by atoms with Gasteiger partial charge in [-0.25, -0.2) is 4.79 Å². The van der Waals surface area contributed by atoms with Gasteiger partial charge in [-0.1, -0.05) is 6.07 Å². The summed E-state index contributed by atoms with van der Waals surface area (Å²) in [6.07, 6.45) is 1.41. The molecule has 0 saturated heterocycles. The fourth-order valence-electron chi connectivity index (χ4n) is 2.21. The average Bonchev–Trinajstić information content (AvgIpc) is 2.65. The second-order valence-corrected chi connectivity index (χ2v) is 5.16. The molecule has 1 aromatic carbocycles. The highest BCUT2D eigenvalue weighted by atomic mass is 16.5. The van der Waals surface area contributed by atoms with Crippen LogP contribution in [0.2, 0.25) is 0 Å². The zero-order chi connectivity index (χ0) is 19.5. The van der Waals surface area contributed by atoms with Gasteiger partial charge in [-0.15, -0.1) is 0 Å². The van der Waals surface area contributed by atoms with Crippen molar-refractivity contribution in [2.24, 2.45) is 0 Å². The smallest absolute Gasteiger partial charge is 0.348 e. The van der Waals surface area contributed by atoms with Crippen LogP contribution in [-0.2, 0) is 14.3 Å². The van der Waals surface area contributed by atoms with Gasteiger partial charge in [0.15, 0.2) is 18.1 Å². The molecule has 0 radical (unpaired) electrons. The van der Waals surface area contributed by atoms with Crippen LogP contribution in [0.4, 0.5) is 0 Å². The number of carbonyl (C=O) groups is 2. The molecule has 0 bridgehead atoms. The van der Waals surface area contributed by atoms with Gasteiger partial charge >= 0.3 is 5.97 Å². The van der Waals surface area contributed by atoms with E-state index >= 15 is 0 Å². The van der Waals surface area contributed by atoms with Crippen molar-refractivity contribution >= 4 is 18.0 Å². The largest absolute Gasteiger partial charge is 0.493 e. The molecule has 140 valence electrons. The van der Waals surface area contributed by atoms with Gasteiger partial charge in [-0.2, -0.15) is 5.26 Å². The third-order valence-electron chi connectivity index (χ3n) is 3.58. The summed E-state index contributed by atoms with van der Waals surface area (Å²) in [5, 5.41) is 9.09. The Bertz CT molecular complexity index is 702. The number of nitriles is 1. The standard InChI is InChI=1S/C19H24N2O5/c1-5-21(6-2)18(22)13-26-16-9-8-14(11-17(16)24-4)10-15(12-20)19(23)25-7-3/h8-11H,5-7,13H2,1-4H3. The van der Waals surface area contributed by atoms with E-state index in [2.05, 4.69) is 0 Å². The van der Waals surface area contributed by atoms with E-state index in [-0.39, 0.29) is 24.7 Å². The van der Waals surface area contributed by atoms with Crippen LogP contribution in [0.5, 0.6) is 11.5 Å². The maximum atomic E-state index is 12.0. The van der Waals surface area contributed by atoms with Crippen LogP contribution in [0.1, 0.15) is 26.3 Å². The molecule has 7 heteroatoms. The molecule has 0 saturated carbocycles. The van der Waals surface area contributed by atoms with Crippen LogP contribution in [0.15, 0.2) is 23.8 Å². The minimum absolute atomic E-state index is 0.0977. The van der Waals surface area contributed by atoms with Crippen LogP contribution in [0.25, 0.3) is 6.08 Å². The van der Waals surface area contributed by atoms with Gasteiger partial charge < -0.3 is 19.1 Å². The molecule has 0 N–H and O–H groups in total. The van der Waals surface area contributed by atoms with Gasteiger partial charge in [-0.05, 0) is 44.5 Å². The van der Waals surface area contributed by atoms with E-state index in [1.54, 1.807) is 30.0 Å². The third kappa shape index (κ3) is 5.81. The van der Waals surface area contributed by atoms with Crippen molar-refractivity contribution in [3.63, 3.8) is 0 Å². The first-order chi connectivity index (χ1) is 12.5. The number of amides is 1. The lowest BCUT2D eigenvalue weighted by atomic mass is 10.1. The van der Waals surface area contributed by atoms with E-state index < -0.39 is 5.97 Å². The highest BCUT2D eigenvalue weighted by Crippen LogP contribution is 2.29. The summed E-state index contributed by atoms with van der Waals surface area (Å²) in [5.41, 5.74) is 0.466. The van der Waals surface area contributed by atoms with E-state index in [1.165, 1.54) is 13.2 Å². The SMILES string of the molecule is CCOC(=O)C(C#N)=Cc1ccc(OCC(=O)N(CC)CC)c(OC)c1. The first-order valence-corrected chi connectivity index (χ1v) is 8.38. The summed E-state index contributed by atoms with van der Waals surface area (Å²) in [4.78, 5) is 25.4. The van der Waals surface area contributed by atoms with Gasteiger partial charge in [0.2, 0.25) is 0 Å². The molecular weight excluding hydrogens is 336 g/mol. The maximum absolute atomic E-state index is 12.0. The van der Waals surface area contributed by atoms with Crippen LogP contribution >= 0.6 is 0 Å². The predicted molar refractivity (Wildman–Crippen MR) is 96.6 cm³/mol. The van der Waals surface area contributed by atoms with E-state index in [9.17, 15) is 9.59 Å². The normalized spacial score (nSPS) is 10.7. The fourth-order valence-corrected chi connectivity index (χ4v) is 2.21. The summed E-state index contributed by atoms with van der Waals surface area (Å²) in [6, 6.07) is 6.72. The summed E-state index contributed by atoms with van der Waals surface area (Å²) >= 11 is 0. The number of benzene rings is 1. The summed E-state index contributed by atoms with van der Waals surface area (Å²) in [5.74, 6) is 0.00117. The van der Waals surface area contributed by atoms with Crippen molar-refractivity contribution in [1.82, 2.24) is 4.90 Å². The molecule has 26 heavy (non-hydrogen) atoms. The Morgan fingerprint density at radius 3 is 2.42 bits per heavy atom. The quantitative estimate of drug-likeness (QED) is 0.382. The van der Waals surface area contributed by atoms with Gasteiger partial charge in [0.1, 0.15) is 11.6 Å². The van der Waals surface area contributed by atoms with E-state index in [1.807, 2.05) is 19.9 Å². The van der Waals surface area contributed by atoms with Crippen molar-refractivity contribution in [3.05, 3.63) is 29.3 Å². The van der Waals surface area contributed by atoms with Crippen LogP contribution in [-0.4, -0.2) is 50.2 Å². The van der Waals surface area contributed by atoms with Crippen molar-refractivity contribution in [2.45, 2.75) is 20.8 Å². The zero-order valence-corrected chi connectivity index (χ0v) is 15.6. The molecule has 0 unspecified atom stereocenters. The molecular formula is C19H24N2O5. The third-order valence-corrected chi connectivity index (χ3v) is 3.58. The number of nitrogens with zero attached hydrogens (tertiary/aromatic N) is 2. The van der Waals surface area contributed by atoms with Crippen LogP contribution in [0, 0.1) is 11.3 Å². The Morgan fingerprint density at radius 1 is 1.19 bits per heavy atom. The van der Waals surface area contributed by atoms with E-state index in [0.29, 0.717) is 30.2 Å². The molecule has 0 fully saturated rings. The van der Waals surface area contributed by atoms with E-state index in [4.69, 9.17) is 19.5 Å². The highest BCUT2D eigenvalue weighted by Gasteiger charge is 2.14. The number of likely N-dealkylation sites (N-methyl/N-ethyl adjacent to an activating group) is 1. The molecule has 7 nitrogen and oxygen atoms in total. The van der Waals surface area contributed by atoms with Gasteiger partial charge in [0.25, 0.3) is 5.91 Å². The first kappa shape index (κ1) is 21.0. The first-order valence-electron chi connectivity index (χ1n) is 8.38. The summed E-state index contributed by atoms with van der Waals surface area (Å²) in [7, 11) is 1.47. The van der Waals surface area contributed by atoms with Crippen LogP contribution < -0.4 is 9.47 Å². The zero-order valence-electron chi connectivity index (χ0n) is 15.6. The van der Waals surface area contributed by atoms with Crippen molar-refractivity contribution in [2.75, 3.05) is 33.4 Å². The topological polar surface area (TPSA) is 88.9 Å². The summed E-state index contributed by atoms with van der Waals surface area (Å²) < 4.78 is 15.7. The molecule has 0 heterocycles. The molecule has 0 aromatic heterocycles. The number of hydrogen-bond donors (Lipinski definition) is 0. The van der Waals surface area contributed by atoms with Crippen molar-refractivity contribution in [1.29, 1.82) is 5.26 Å². The minimum atomic E-state index is -0.681. The Hall–Kier alpha value is -3.01. The number of hydrogen-bond acceptors (Lipinski definition) is 6. The fraction of sp³-hybridized carbons (Fsp3) is 0.421. The average molecular weight is 360 g/mol. The maximum Gasteiger partial charge on any atom is 0.348 e. The van der Waals surface area contributed by atoms with E-state index in [0.717, 1.165) is 0 Å². The summed E-state index contributed by atoms with van der Waals surface area (Å²) in [6.45, 7) is 6.79. The Labute approximate surface area is 153 Å². The second kappa shape index (κ2) is 10.8. The number of ether oxygens (including phenoxy) is 3. The number of carbonyl (C=O) groups excluding carboxylic acids is 2. The molecule has 1 amide bonds. The molecule has 0 aliphatic rings. The van der Waals surface area contributed by atoms with Crippen LogP contribution in [0.3, 0.4) is 0 Å². The highest BCUT2D eigenvalue weighted by molar-refractivity contribution is 5.97. The molecule has 0 atom stereocenters. The van der Waals surface area contributed by atoms with Gasteiger partial charge in [0, 0.05) is 13.1 Å². The Balaban J connectivity index is 2.95. The molecule has 0 spiro atoms. The monoisotopic (exact) mass is 360 g/mol. The van der Waals surface area contributed by atoms with Gasteiger partial charge in [-0.3, -0.25) is 4.79 Å². The lowest BCUT2D eigenvalue weighted by molar-refractivity contribution is -0.138. The number of esters is 1. The van der Waals surface area contributed by atoms with Crippen molar-refractivity contribution in [3.8, 4) is 17.6 Å². The molecule has 1 aromatic rings. The predicted octanol–water partition coefficient (Wildman–Crippen LogP) is 2.41. The number of rotatable bonds is 9. The molecule has 0 aliphatic carbocycles. The number of methoxy groups -OCH3 is 1. The Kier molecular flexibility index (Phi) is 8.71. The minimum Gasteiger partial charge on any atom is -0.493 e. The second-order valence-electron chi connectivity index (χ2n) is 5.16. The Morgan fingerprint density at radius 2 is 1.88 bits per heavy atom.